The van der Waals surface area contributed by atoms with E-state index in [2.05, 4.69) is 31.3 Å². The highest BCUT2D eigenvalue weighted by molar-refractivity contribution is 6.05. The topological polar surface area (TPSA) is 93.6 Å². The molecule has 1 aromatic carbocycles. The van der Waals surface area contributed by atoms with Crippen molar-refractivity contribution >= 4 is 17.3 Å². The molecule has 0 unspecified atom stereocenters. The van der Waals surface area contributed by atoms with Crippen LogP contribution in [-0.4, -0.2) is 93.4 Å². The van der Waals surface area contributed by atoms with Crippen LogP contribution in [0.3, 0.4) is 0 Å². The molecular formula is C24H32N6O4. The Kier molecular flexibility index (Phi) is 7.37. The summed E-state index contributed by atoms with van der Waals surface area (Å²) < 4.78 is 22.3. The van der Waals surface area contributed by atoms with E-state index in [1.165, 1.54) is 5.56 Å². The standard InChI is InChI=1S/C24H32N6O4/c1-31-19-4-2-18-3-5-21(20(18)16-19)27-28-22-17-23(30-9-13-33-14-10-30)26-24(25-22)34-15-8-29-6-11-32-12-7-29/h2,4,16-17H,3,5-15H2,1H3,(H,25,26,28). The van der Waals surface area contributed by atoms with Crippen molar-refractivity contribution < 1.29 is 18.9 Å². The Balaban J connectivity index is 1.31. The molecule has 0 saturated carbocycles. The Morgan fingerprint density at radius 2 is 1.79 bits per heavy atom. The van der Waals surface area contributed by atoms with Crippen molar-refractivity contribution in [1.82, 2.24) is 14.9 Å². The molecule has 5 rings (SSSR count). The van der Waals surface area contributed by atoms with Crippen LogP contribution in [0.15, 0.2) is 29.4 Å². The number of aromatic nitrogens is 2. The maximum Gasteiger partial charge on any atom is 0.320 e. The lowest BCUT2D eigenvalue weighted by Gasteiger charge is -2.28. The zero-order chi connectivity index (χ0) is 23.2. The molecule has 0 amide bonds. The number of ether oxygens (including phenoxy) is 4. The molecule has 0 bridgehead atoms. The van der Waals surface area contributed by atoms with E-state index in [0.717, 1.165) is 81.6 Å². The maximum atomic E-state index is 5.97. The van der Waals surface area contributed by atoms with Gasteiger partial charge in [-0.15, -0.1) is 0 Å². The molecular weight excluding hydrogens is 436 g/mol. The summed E-state index contributed by atoms with van der Waals surface area (Å²) in [4.78, 5) is 13.8. The molecule has 10 heteroatoms. The summed E-state index contributed by atoms with van der Waals surface area (Å²) in [6, 6.07) is 8.43. The molecule has 1 aliphatic carbocycles. The fraction of sp³-hybridized carbons (Fsp3) is 0.542. The summed E-state index contributed by atoms with van der Waals surface area (Å²) in [5.41, 5.74) is 6.56. The average Bonchev–Trinajstić information content (AvgIpc) is 3.30. The molecule has 182 valence electrons. The largest absolute Gasteiger partial charge is 0.497 e. The van der Waals surface area contributed by atoms with Crippen molar-refractivity contribution in [2.75, 3.05) is 83.2 Å². The number of hydrogen-bond donors (Lipinski definition) is 1. The van der Waals surface area contributed by atoms with E-state index < -0.39 is 0 Å². The molecule has 2 saturated heterocycles. The van der Waals surface area contributed by atoms with E-state index in [0.29, 0.717) is 31.6 Å². The van der Waals surface area contributed by atoms with Gasteiger partial charge in [0, 0.05) is 44.4 Å². The summed E-state index contributed by atoms with van der Waals surface area (Å²) in [5.74, 6) is 2.26. The average molecular weight is 469 g/mol. The fourth-order valence-corrected chi connectivity index (χ4v) is 4.38. The first-order chi connectivity index (χ1) is 16.8. The minimum absolute atomic E-state index is 0.355. The number of rotatable bonds is 8. The van der Waals surface area contributed by atoms with E-state index >= 15 is 0 Å². The summed E-state index contributed by atoms with van der Waals surface area (Å²) in [5, 5.41) is 4.69. The van der Waals surface area contributed by atoms with Crippen LogP contribution in [0.25, 0.3) is 0 Å². The molecule has 1 N–H and O–H groups in total. The molecule has 3 heterocycles. The Hall–Kier alpha value is -2.95. The van der Waals surface area contributed by atoms with Crippen molar-refractivity contribution in [2.45, 2.75) is 12.8 Å². The van der Waals surface area contributed by atoms with E-state index in [9.17, 15) is 0 Å². The first-order valence-electron chi connectivity index (χ1n) is 11.9. The van der Waals surface area contributed by atoms with E-state index in [1.54, 1.807) is 7.11 Å². The van der Waals surface area contributed by atoms with Gasteiger partial charge in [-0.25, -0.2) is 0 Å². The number of morpholine rings is 2. The lowest BCUT2D eigenvalue weighted by Crippen LogP contribution is -2.39. The third kappa shape index (κ3) is 5.57. The highest BCUT2D eigenvalue weighted by Crippen LogP contribution is 2.27. The van der Waals surface area contributed by atoms with Crippen molar-refractivity contribution in [1.29, 1.82) is 0 Å². The van der Waals surface area contributed by atoms with Crippen LogP contribution in [0, 0.1) is 0 Å². The molecule has 10 nitrogen and oxygen atoms in total. The Morgan fingerprint density at radius 3 is 2.59 bits per heavy atom. The SMILES string of the molecule is COc1ccc2c(c1)C(=NNc1cc(N3CCOCC3)nc(OCCN3CCOCC3)n1)CC2. The Labute approximate surface area is 199 Å². The van der Waals surface area contributed by atoms with E-state index in [-0.39, 0.29) is 0 Å². The van der Waals surface area contributed by atoms with Gasteiger partial charge in [0.2, 0.25) is 0 Å². The quantitative estimate of drug-likeness (QED) is 0.582. The number of fused-ring (bicyclic) bond motifs is 1. The molecule has 0 atom stereocenters. The second-order valence-corrected chi connectivity index (χ2v) is 8.49. The van der Waals surface area contributed by atoms with Crippen LogP contribution >= 0.6 is 0 Å². The first kappa shape index (κ1) is 22.8. The predicted octanol–water partition coefficient (Wildman–Crippen LogP) is 1.80. The van der Waals surface area contributed by atoms with Gasteiger partial charge in [-0.05, 0) is 30.5 Å². The van der Waals surface area contributed by atoms with Gasteiger partial charge in [-0.1, -0.05) is 6.07 Å². The van der Waals surface area contributed by atoms with Crippen LogP contribution < -0.4 is 19.8 Å². The number of benzene rings is 1. The number of hydrogen-bond acceptors (Lipinski definition) is 10. The summed E-state index contributed by atoms with van der Waals surface area (Å²) in [6.07, 6.45) is 1.85. The number of hydrazone groups is 1. The van der Waals surface area contributed by atoms with Gasteiger partial charge in [-0.3, -0.25) is 10.3 Å². The van der Waals surface area contributed by atoms with Crippen molar-refractivity contribution in [3.05, 3.63) is 35.4 Å². The van der Waals surface area contributed by atoms with Gasteiger partial charge in [0.1, 0.15) is 18.2 Å². The van der Waals surface area contributed by atoms with Gasteiger partial charge in [0.25, 0.3) is 0 Å². The highest BCUT2D eigenvalue weighted by atomic mass is 16.5. The van der Waals surface area contributed by atoms with E-state index in [1.807, 2.05) is 18.2 Å². The van der Waals surface area contributed by atoms with Crippen LogP contribution in [0.4, 0.5) is 11.6 Å². The Bertz CT molecular complexity index is 1000. The zero-order valence-electron chi connectivity index (χ0n) is 19.7. The third-order valence-electron chi connectivity index (χ3n) is 6.33. The first-order valence-corrected chi connectivity index (χ1v) is 11.9. The van der Waals surface area contributed by atoms with Gasteiger partial charge in [0.05, 0.1) is 39.2 Å². The number of anilines is 2. The van der Waals surface area contributed by atoms with Gasteiger partial charge < -0.3 is 23.8 Å². The summed E-state index contributed by atoms with van der Waals surface area (Å²) in [7, 11) is 1.68. The minimum Gasteiger partial charge on any atom is -0.497 e. The number of nitrogens with one attached hydrogen (secondary N) is 1. The molecule has 1 aromatic heterocycles. The zero-order valence-corrected chi connectivity index (χ0v) is 19.7. The van der Waals surface area contributed by atoms with Gasteiger partial charge in [-0.2, -0.15) is 15.1 Å². The van der Waals surface area contributed by atoms with Crippen molar-refractivity contribution in [3.8, 4) is 11.8 Å². The molecule has 2 aromatic rings. The van der Waals surface area contributed by atoms with Crippen LogP contribution in [0.2, 0.25) is 0 Å². The minimum atomic E-state index is 0.355. The monoisotopic (exact) mass is 468 g/mol. The number of nitrogens with zero attached hydrogens (tertiary/aromatic N) is 5. The Morgan fingerprint density at radius 1 is 1.00 bits per heavy atom. The molecule has 2 fully saturated rings. The fourth-order valence-electron chi connectivity index (χ4n) is 4.38. The van der Waals surface area contributed by atoms with Gasteiger partial charge in [0.15, 0.2) is 5.82 Å². The smallest absolute Gasteiger partial charge is 0.320 e. The molecule has 0 radical (unpaired) electrons. The lowest BCUT2D eigenvalue weighted by molar-refractivity contribution is 0.0317. The van der Waals surface area contributed by atoms with Crippen molar-refractivity contribution in [3.63, 3.8) is 0 Å². The van der Waals surface area contributed by atoms with Gasteiger partial charge >= 0.3 is 6.01 Å². The number of methoxy groups -OCH3 is 1. The van der Waals surface area contributed by atoms with Crippen LogP contribution in [0.5, 0.6) is 11.8 Å². The second kappa shape index (κ2) is 11.0. The number of aryl methyl sites for hydroxylation is 1. The summed E-state index contributed by atoms with van der Waals surface area (Å²) in [6.45, 7) is 7.66. The predicted molar refractivity (Wildman–Crippen MR) is 129 cm³/mol. The third-order valence-corrected chi connectivity index (χ3v) is 6.33. The maximum absolute atomic E-state index is 5.97. The molecule has 0 spiro atoms. The van der Waals surface area contributed by atoms with Crippen LogP contribution in [-0.2, 0) is 15.9 Å². The highest BCUT2D eigenvalue weighted by Gasteiger charge is 2.20. The lowest BCUT2D eigenvalue weighted by atomic mass is 10.1. The van der Waals surface area contributed by atoms with Crippen LogP contribution in [0.1, 0.15) is 17.5 Å². The normalized spacial score (nSPS) is 19.8. The molecule has 2 aliphatic heterocycles. The van der Waals surface area contributed by atoms with E-state index in [4.69, 9.17) is 24.0 Å². The second-order valence-electron chi connectivity index (χ2n) is 8.49. The van der Waals surface area contributed by atoms with Crippen molar-refractivity contribution in [2.24, 2.45) is 5.10 Å². The summed E-state index contributed by atoms with van der Waals surface area (Å²) >= 11 is 0. The molecule has 3 aliphatic rings. The molecule has 34 heavy (non-hydrogen) atoms.